The highest BCUT2D eigenvalue weighted by atomic mass is 32.1. The molecule has 2 aliphatic rings. The first-order valence-corrected chi connectivity index (χ1v) is 23.3. The van der Waals surface area contributed by atoms with E-state index in [4.69, 9.17) is 5.11 Å². The van der Waals surface area contributed by atoms with Crippen LogP contribution in [0.2, 0.25) is 0 Å². The highest BCUT2D eigenvalue weighted by Gasteiger charge is 2.34. The molecule has 2 fully saturated rings. The molecule has 0 saturated carbocycles. The second-order valence-electron chi connectivity index (χ2n) is 15.9. The van der Waals surface area contributed by atoms with Crippen LogP contribution in [0.3, 0.4) is 0 Å². The van der Waals surface area contributed by atoms with Crippen LogP contribution in [0.5, 0.6) is 0 Å². The Balaban J connectivity index is 0.000000165. The van der Waals surface area contributed by atoms with Crippen LogP contribution in [0.15, 0.2) is 71.9 Å². The summed E-state index contributed by atoms with van der Waals surface area (Å²) >= 11 is 5.60. The summed E-state index contributed by atoms with van der Waals surface area (Å²) in [6.45, 7) is 13.4. The van der Waals surface area contributed by atoms with Crippen LogP contribution in [0.1, 0.15) is 127 Å². The molecule has 1 amide bonds. The Morgan fingerprint density at radius 2 is 1.32 bits per heavy atom. The van der Waals surface area contributed by atoms with E-state index in [-0.39, 0.29) is 23.4 Å². The highest BCUT2D eigenvalue weighted by molar-refractivity contribution is 7.14. The maximum Gasteiger partial charge on any atom is 0.337 e. The average Bonchev–Trinajstić information content (AvgIpc) is 4.09. The van der Waals surface area contributed by atoms with Gasteiger partial charge < -0.3 is 25.5 Å². The molecule has 318 valence electrons. The van der Waals surface area contributed by atoms with Gasteiger partial charge in [-0.2, -0.15) is 8.75 Å². The Bertz CT molecular complexity index is 2300. The molecule has 17 heteroatoms. The summed E-state index contributed by atoms with van der Waals surface area (Å²) in [5, 5.41) is 36.4. The van der Waals surface area contributed by atoms with E-state index in [1.165, 1.54) is 58.6 Å². The van der Waals surface area contributed by atoms with Gasteiger partial charge in [-0.05, 0) is 137 Å². The number of rotatable bonds is 9. The summed E-state index contributed by atoms with van der Waals surface area (Å²) in [7, 11) is 0. The number of hydrogen-bond donors (Lipinski definition) is 4. The number of nitrogens with zero attached hydrogens (tertiary/aromatic N) is 7. The number of carbonyl (C=O) groups is 2. The molecule has 4 N–H and O–H groups in total. The fraction of sp³-hybridized carbons (Fsp3) is 0.442. The molecule has 6 aromatic rings. The first-order chi connectivity index (χ1) is 28.7. The Kier molecular flexibility index (Phi) is 15.1. The first kappa shape index (κ1) is 45.2. The van der Waals surface area contributed by atoms with Crippen molar-refractivity contribution in [2.24, 2.45) is 0 Å². The van der Waals surface area contributed by atoms with Crippen molar-refractivity contribution in [1.82, 2.24) is 38.9 Å². The molecule has 0 radical (unpaired) electrons. The van der Waals surface area contributed by atoms with Crippen LogP contribution < -0.4 is 5.32 Å². The molecule has 8 rings (SSSR count). The number of carboxylic acids is 1. The minimum Gasteiger partial charge on any atom is -0.478 e. The van der Waals surface area contributed by atoms with E-state index in [1.807, 2.05) is 36.3 Å². The van der Waals surface area contributed by atoms with Gasteiger partial charge in [0.2, 0.25) is 0 Å². The normalized spacial score (nSPS) is 20.2. The number of hydrogen-bond acceptors (Lipinski definition) is 15. The number of carboxylic acid groups (broad SMARTS) is 1. The second-order valence-corrected chi connectivity index (χ2v) is 19.3. The molecular weight excluding hydrogens is 837 g/mol. The van der Waals surface area contributed by atoms with E-state index in [9.17, 15) is 19.8 Å². The molecular formula is C43H52N8O5S4. The monoisotopic (exact) mass is 888 g/mol. The van der Waals surface area contributed by atoms with Gasteiger partial charge in [-0.3, -0.25) is 4.79 Å². The molecule has 0 bridgehead atoms. The molecule has 0 aromatic carbocycles. The van der Waals surface area contributed by atoms with E-state index < -0.39 is 17.2 Å². The molecule has 60 heavy (non-hydrogen) atoms. The predicted molar refractivity (Wildman–Crippen MR) is 239 cm³/mol. The maximum atomic E-state index is 13.4. The van der Waals surface area contributed by atoms with Crippen molar-refractivity contribution >= 4 is 57.6 Å². The predicted octanol–water partition coefficient (Wildman–Crippen LogP) is 8.82. The van der Waals surface area contributed by atoms with E-state index in [0.29, 0.717) is 40.6 Å². The molecule has 6 aromatic heterocycles. The summed E-state index contributed by atoms with van der Waals surface area (Å²) in [5.41, 5.74) is 1.41. The van der Waals surface area contributed by atoms with E-state index in [0.717, 1.165) is 51.8 Å². The van der Waals surface area contributed by atoms with Crippen LogP contribution in [-0.2, 0) is 11.2 Å². The smallest absolute Gasteiger partial charge is 0.337 e. The molecule has 0 spiro atoms. The number of nitrogens with one attached hydrogen (secondary N) is 1. The van der Waals surface area contributed by atoms with E-state index >= 15 is 0 Å². The zero-order valence-electron chi connectivity index (χ0n) is 34.6. The van der Waals surface area contributed by atoms with Crippen LogP contribution in [0.4, 0.5) is 0 Å². The van der Waals surface area contributed by atoms with Crippen molar-refractivity contribution in [2.45, 2.75) is 109 Å². The van der Waals surface area contributed by atoms with Crippen LogP contribution in [-0.4, -0.2) is 86.0 Å². The van der Waals surface area contributed by atoms with E-state index in [1.54, 1.807) is 62.2 Å². The number of piperidine rings is 2. The zero-order chi connectivity index (χ0) is 43.0. The Labute approximate surface area is 367 Å². The fourth-order valence-electron chi connectivity index (χ4n) is 6.85. The third-order valence-electron chi connectivity index (χ3n) is 10.8. The number of likely N-dealkylation sites (tertiary alicyclic amines) is 1. The van der Waals surface area contributed by atoms with Crippen molar-refractivity contribution in [2.75, 3.05) is 13.1 Å². The summed E-state index contributed by atoms with van der Waals surface area (Å²) in [6.07, 6.45) is 11.6. The lowest BCUT2D eigenvalue weighted by Gasteiger charge is -2.37. The van der Waals surface area contributed by atoms with Crippen molar-refractivity contribution in [3.8, 4) is 21.4 Å². The SMILES string of the molecule is CCC(C)(O)c1cc(C2CC[C@@H](C)NC2)ns1.C[C@@H]1CCC(c2cc(C(C)(C)O)sn2)CN1C(=O)c1ccsc1-c1ncccn1.O=C(O)c1ccsc1-c1ncccn1. The minimum atomic E-state index is -0.950. The molecule has 0 aliphatic carbocycles. The van der Waals surface area contributed by atoms with Crippen LogP contribution >= 0.6 is 45.7 Å². The van der Waals surface area contributed by atoms with Crippen LogP contribution in [0.25, 0.3) is 21.4 Å². The number of thiophene rings is 2. The lowest BCUT2D eigenvalue weighted by Crippen LogP contribution is -2.45. The summed E-state index contributed by atoms with van der Waals surface area (Å²) in [6, 6.07) is 11.8. The molecule has 2 saturated heterocycles. The van der Waals surface area contributed by atoms with Gasteiger partial charge >= 0.3 is 5.97 Å². The second kappa shape index (κ2) is 20.0. The molecule has 2 aliphatic heterocycles. The highest BCUT2D eigenvalue weighted by Crippen LogP contribution is 2.36. The van der Waals surface area contributed by atoms with Crippen molar-refractivity contribution in [3.63, 3.8) is 0 Å². The van der Waals surface area contributed by atoms with Gasteiger partial charge in [0.15, 0.2) is 11.6 Å². The first-order valence-electron chi connectivity index (χ1n) is 20.0. The number of amides is 1. The van der Waals surface area contributed by atoms with Gasteiger partial charge in [0.25, 0.3) is 5.91 Å². The average molecular weight is 889 g/mol. The number of aromatic nitrogens is 6. The summed E-state index contributed by atoms with van der Waals surface area (Å²) in [4.78, 5) is 46.1. The molecule has 13 nitrogen and oxygen atoms in total. The van der Waals surface area contributed by atoms with Gasteiger partial charge in [-0.15, -0.1) is 22.7 Å². The Morgan fingerprint density at radius 3 is 1.85 bits per heavy atom. The van der Waals surface area contributed by atoms with Gasteiger partial charge in [0.1, 0.15) is 0 Å². The van der Waals surface area contributed by atoms with Crippen LogP contribution in [0, 0.1) is 0 Å². The van der Waals surface area contributed by atoms with Crippen molar-refractivity contribution in [1.29, 1.82) is 0 Å². The number of aromatic carboxylic acids is 1. The molecule has 3 unspecified atom stereocenters. The topological polar surface area (TPSA) is 187 Å². The van der Waals surface area contributed by atoms with E-state index in [2.05, 4.69) is 53.9 Å². The third kappa shape index (κ3) is 11.1. The molecule has 8 heterocycles. The number of aliphatic hydroxyl groups is 2. The summed E-state index contributed by atoms with van der Waals surface area (Å²) < 4.78 is 9.10. The fourth-order valence-corrected chi connectivity index (χ4v) is 10.2. The Hall–Kier alpha value is -4.36. The van der Waals surface area contributed by atoms with Gasteiger partial charge in [0.05, 0.1) is 53.2 Å². The molecule has 5 atom stereocenters. The standard InChI is InChI=1S/C21H24N4O2S2.C13H22N2OS.C9H6N2O2S/c1-13-5-6-14(16-11-17(29-24-16)21(2,3)27)12-25(13)20(26)15-7-10-28-18(15)19-22-8-4-9-23-19;1-4-13(3,16)12-7-11(15-17-12)10-6-5-9(2)14-8-10;12-9(13)6-2-5-14-7(6)8-10-3-1-4-11-8/h4,7-11,13-14,27H,5-6,12H2,1-3H3;7,9-10,14,16H,4-6,8H2,1-3H3;1-5H,(H,12,13)/t13-,14?;9-,10?,13?;/m11./s1. The lowest BCUT2D eigenvalue weighted by molar-refractivity contribution is 0.0567. The van der Waals surface area contributed by atoms with Gasteiger partial charge in [-0.1, -0.05) is 6.92 Å². The Morgan fingerprint density at radius 1 is 0.783 bits per heavy atom. The van der Waals surface area contributed by atoms with Gasteiger partial charge in [-0.25, -0.2) is 24.7 Å². The lowest BCUT2D eigenvalue weighted by atomic mass is 9.90. The van der Waals surface area contributed by atoms with Crippen molar-refractivity contribution < 1.29 is 24.9 Å². The third-order valence-corrected chi connectivity index (χ3v) is 14.8. The van der Waals surface area contributed by atoms with Gasteiger partial charge in [0, 0.05) is 61.8 Å². The van der Waals surface area contributed by atoms with Crippen molar-refractivity contribution in [3.05, 3.63) is 104 Å². The zero-order valence-corrected chi connectivity index (χ0v) is 37.9. The minimum absolute atomic E-state index is 0.0174. The summed E-state index contributed by atoms with van der Waals surface area (Å²) in [5.74, 6) is 0.806. The quantitative estimate of drug-likeness (QED) is 0.108. The maximum absolute atomic E-state index is 13.4. The largest absolute Gasteiger partial charge is 0.478 e. The number of carbonyl (C=O) groups excluding carboxylic acids is 1.